The van der Waals surface area contributed by atoms with Crippen molar-refractivity contribution in [3.63, 3.8) is 0 Å². The van der Waals surface area contributed by atoms with E-state index >= 15 is 0 Å². The van der Waals surface area contributed by atoms with Gasteiger partial charge in [-0.15, -0.1) is 0 Å². The van der Waals surface area contributed by atoms with Crippen molar-refractivity contribution in [1.29, 1.82) is 0 Å². The number of likely N-dealkylation sites (N-methyl/N-ethyl adjacent to an activating group) is 1. The van der Waals surface area contributed by atoms with Gasteiger partial charge in [0.05, 0.1) is 4.90 Å². The summed E-state index contributed by atoms with van der Waals surface area (Å²) in [5.41, 5.74) is 1.03. The number of hydrogen-bond acceptors (Lipinski definition) is 4. The van der Waals surface area contributed by atoms with Gasteiger partial charge in [-0.3, -0.25) is 4.79 Å². The predicted molar refractivity (Wildman–Crippen MR) is 79.5 cm³/mol. The van der Waals surface area contributed by atoms with Gasteiger partial charge in [0.2, 0.25) is 10.0 Å². The smallest absolute Gasteiger partial charge is 0.243 e. The standard InChI is InChI=1S/C15H20N2O3S/c1-11-3-5-12(6-4-11)21(19,20)17-9-13-14(10-17)16(2)8-7-15(13)18/h3-6,13-14H,7-10H2,1-2H3/t13-,14+/m1/s1. The van der Waals surface area contributed by atoms with E-state index in [9.17, 15) is 13.2 Å². The van der Waals surface area contributed by atoms with E-state index in [1.54, 1.807) is 24.3 Å². The van der Waals surface area contributed by atoms with Crippen molar-refractivity contribution in [1.82, 2.24) is 9.21 Å². The number of Topliss-reactive ketones (excluding diaryl/α,β-unsaturated/α-hetero) is 1. The van der Waals surface area contributed by atoms with Gasteiger partial charge in [-0.2, -0.15) is 4.31 Å². The molecular formula is C15H20N2O3S. The van der Waals surface area contributed by atoms with Gasteiger partial charge >= 0.3 is 0 Å². The van der Waals surface area contributed by atoms with Crippen molar-refractivity contribution in [2.24, 2.45) is 5.92 Å². The Hall–Kier alpha value is -1.24. The second-order valence-corrected chi connectivity index (χ2v) is 7.94. The van der Waals surface area contributed by atoms with Crippen LogP contribution >= 0.6 is 0 Å². The number of likely N-dealkylation sites (tertiary alicyclic amines) is 1. The van der Waals surface area contributed by atoms with E-state index in [1.165, 1.54) is 4.31 Å². The highest BCUT2D eigenvalue weighted by Gasteiger charge is 2.46. The van der Waals surface area contributed by atoms with E-state index in [2.05, 4.69) is 4.90 Å². The molecule has 0 saturated carbocycles. The quantitative estimate of drug-likeness (QED) is 0.814. The Morgan fingerprint density at radius 1 is 1.14 bits per heavy atom. The number of carbonyl (C=O) groups excluding carboxylic acids is 1. The molecule has 6 heteroatoms. The van der Waals surface area contributed by atoms with E-state index in [-0.39, 0.29) is 17.7 Å². The van der Waals surface area contributed by atoms with Crippen molar-refractivity contribution in [3.8, 4) is 0 Å². The fraction of sp³-hybridized carbons (Fsp3) is 0.533. The maximum Gasteiger partial charge on any atom is 0.243 e. The summed E-state index contributed by atoms with van der Waals surface area (Å²) in [6, 6.07) is 6.89. The van der Waals surface area contributed by atoms with Crippen molar-refractivity contribution in [2.45, 2.75) is 24.3 Å². The number of nitrogens with zero attached hydrogens (tertiary/aromatic N) is 2. The molecule has 2 aliphatic heterocycles. The maximum absolute atomic E-state index is 12.7. The summed E-state index contributed by atoms with van der Waals surface area (Å²) >= 11 is 0. The van der Waals surface area contributed by atoms with Crippen molar-refractivity contribution in [3.05, 3.63) is 29.8 Å². The number of benzene rings is 1. The fourth-order valence-corrected chi connectivity index (χ4v) is 4.69. The Morgan fingerprint density at radius 3 is 2.43 bits per heavy atom. The first-order valence-corrected chi connectivity index (χ1v) is 8.63. The first-order valence-electron chi connectivity index (χ1n) is 7.19. The molecule has 3 rings (SSSR count). The van der Waals surface area contributed by atoms with Crippen LogP contribution in [0.3, 0.4) is 0 Å². The van der Waals surface area contributed by atoms with Crippen LogP contribution in [0.4, 0.5) is 0 Å². The van der Waals surface area contributed by atoms with Crippen LogP contribution in [0, 0.1) is 12.8 Å². The van der Waals surface area contributed by atoms with Crippen molar-refractivity contribution < 1.29 is 13.2 Å². The Morgan fingerprint density at radius 2 is 1.81 bits per heavy atom. The average molecular weight is 308 g/mol. The summed E-state index contributed by atoms with van der Waals surface area (Å²) < 4.78 is 26.9. The molecule has 5 nitrogen and oxygen atoms in total. The van der Waals surface area contributed by atoms with E-state index in [4.69, 9.17) is 0 Å². The molecule has 0 N–H and O–H groups in total. The Bertz CT molecular complexity index is 654. The van der Waals surface area contributed by atoms with E-state index in [0.717, 1.165) is 12.1 Å². The zero-order valence-corrected chi connectivity index (χ0v) is 13.1. The number of piperidine rings is 1. The van der Waals surface area contributed by atoms with Crippen molar-refractivity contribution in [2.75, 3.05) is 26.7 Å². The predicted octanol–water partition coefficient (Wildman–Crippen LogP) is 0.889. The number of ketones is 1. The zero-order chi connectivity index (χ0) is 15.2. The summed E-state index contributed by atoms with van der Waals surface area (Å²) in [7, 11) is -1.54. The van der Waals surface area contributed by atoms with Gasteiger partial charge in [0, 0.05) is 38.0 Å². The topological polar surface area (TPSA) is 57.7 Å². The normalized spacial score (nSPS) is 27.8. The molecule has 2 saturated heterocycles. The molecule has 0 unspecified atom stereocenters. The minimum Gasteiger partial charge on any atom is -0.301 e. The highest BCUT2D eigenvalue weighted by molar-refractivity contribution is 7.89. The third-order valence-corrected chi connectivity index (χ3v) is 6.45. The minimum atomic E-state index is -3.51. The highest BCUT2D eigenvalue weighted by Crippen LogP contribution is 2.31. The molecule has 0 radical (unpaired) electrons. The molecule has 0 amide bonds. The molecule has 1 aromatic rings. The van der Waals surface area contributed by atoms with E-state index in [0.29, 0.717) is 24.4 Å². The minimum absolute atomic E-state index is 0.0199. The van der Waals surface area contributed by atoms with Crippen LogP contribution in [0.25, 0.3) is 0 Å². The van der Waals surface area contributed by atoms with Gasteiger partial charge in [-0.05, 0) is 26.1 Å². The van der Waals surface area contributed by atoms with Crippen LogP contribution in [-0.4, -0.2) is 56.1 Å². The molecule has 2 heterocycles. The molecule has 0 aliphatic carbocycles. The summed E-state index contributed by atoms with van der Waals surface area (Å²) in [6.07, 6.45) is 0.524. The second kappa shape index (κ2) is 5.19. The van der Waals surface area contributed by atoms with E-state index < -0.39 is 10.0 Å². The monoisotopic (exact) mass is 308 g/mol. The van der Waals surface area contributed by atoms with Crippen LogP contribution in [0.15, 0.2) is 29.2 Å². The molecule has 21 heavy (non-hydrogen) atoms. The number of aryl methyl sites for hydroxylation is 1. The summed E-state index contributed by atoms with van der Waals surface area (Å²) in [5.74, 6) is 0.0173. The first kappa shape index (κ1) is 14.7. The molecule has 2 aliphatic rings. The molecular weight excluding hydrogens is 288 g/mol. The van der Waals surface area contributed by atoms with Gasteiger partial charge < -0.3 is 4.90 Å². The maximum atomic E-state index is 12.7. The van der Waals surface area contributed by atoms with E-state index in [1.807, 2.05) is 14.0 Å². The lowest BCUT2D eigenvalue weighted by Gasteiger charge is -2.32. The lowest BCUT2D eigenvalue weighted by Crippen LogP contribution is -2.46. The van der Waals surface area contributed by atoms with Crippen LogP contribution in [-0.2, 0) is 14.8 Å². The van der Waals surface area contributed by atoms with Crippen LogP contribution in [0.1, 0.15) is 12.0 Å². The number of carbonyl (C=O) groups is 1. The van der Waals surface area contributed by atoms with Gasteiger partial charge in [0.1, 0.15) is 5.78 Å². The molecule has 1 aromatic carbocycles. The molecule has 2 fully saturated rings. The molecule has 0 aromatic heterocycles. The number of sulfonamides is 1. The van der Waals surface area contributed by atoms with Crippen LogP contribution < -0.4 is 0 Å². The van der Waals surface area contributed by atoms with Crippen molar-refractivity contribution >= 4 is 15.8 Å². The summed E-state index contributed by atoms with van der Waals surface area (Å²) in [4.78, 5) is 14.4. The third-order valence-electron chi connectivity index (χ3n) is 4.60. The Kier molecular flexibility index (Phi) is 3.63. The Labute approximate surface area is 125 Å². The summed E-state index contributed by atoms with van der Waals surface area (Å²) in [5, 5.41) is 0. The van der Waals surface area contributed by atoms with Gasteiger partial charge in [-0.1, -0.05) is 17.7 Å². The molecule has 114 valence electrons. The fourth-order valence-electron chi connectivity index (χ4n) is 3.21. The molecule has 2 atom stereocenters. The highest BCUT2D eigenvalue weighted by atomic mass is 32.2. The lowest BCUT2D eigenvalue weighted by molar-refractivity contribution is -0.126. The Balaban J connectivity index is 1.88. The number of rotatable bonds is 2. The van der Waals surface area contributed by atoms with Crippen LogP contribution in [0.2, 0.25) is 0 Å². The summed E-state index contributed by atoms with van der Waals surface area (Å²) in [6.45, 7) is 3.36. The zero-order valence-electron chi connectivity index (χ0n) is 12.3. The number of hydrogen-bond donors (Lipinski definition) is 0. The second-order valence-electron chi connectivity index (χ2n) is 6.01. The third kappa shape index (κ3) is 2.52. The van der Waals surface area contributed by atoms with Gasteiger partial charge in [0.25, 0.3) is 0 Å². The molecule has 0 spiro atoms. The first-order chi connectivity index (χ1) is 9.89. The largest absolute Gasteiger partial charge is 0.301 e. The van der Waals surface area contributed by atoms with Gasteiger partial charge in [-0.25, -0.2) is 8.42 Å². The van der Waals surface area contributed by atoms with Gasteiger partial charge in [0.15, 0.2) is 0 Å². The number of fused-ring (bicyclic) bond motifs is 1. The molecule has 0 bridgehead atoms. The average Bonchev–Trinajstić information content (AvgIpc) is 2.91. The van der Waals surface area contributed by atoms with Crippen LogP contribution in [0.5, 0.6) is 0 Å². The lowest BCUT2D eigenvalue weighted by atomic mass is 9.91. The SMILES string of the molecule is Cc1ccc(S(=O)(=O)N2C[C@H]3C(=O)CCN(C)[C@H]3C2)cc1.